The predicted octanol–water partition coefficient (Wildman–Crippen LogP) is 3.71. The van der Waals surface area contributed by atoms with E-state index in [-0.39, 0.29) is 36.5 Å². The summed E-state index contributed by atoms with van der Waals surface area (Å²) in [5, 5.41) is 0. The van der Waals surface area contributed by atoms with Crippen molar-refractivity contribution in [2.45, 2.75) is 31.7 Å². The summed E-state index contributed by atoms with van der Waals surface area (Å²) >= 11 is 0. The summed E-state index contributed by atoms with van der Waals surface area (Å²) in [4.78, 5) is 28.7. The number of fused-ring (bicyclic) bond motifs is 1. The third kappa shape index (κ3) is 3.22. The van der Waals surface area contributed by atoms with Crippen molar-refractivity contribution in [3.8, 4) is 0 Å². The van der Waals surface area contributed by atoms with Crippen LogP contribution in [-0.4, -0.2) is 30.3 Å². The van der Waals surface area contributed by atoms with Crippen molar-refractivity contribution in [3.63, 3.8) is 0 Å². The Morgan fingerprint density at radius 1 is 1.15 bits per heavy atom. The van der Waals surface area contributed by atoms with Crippen LogP contribution in [0.4, 0.5) is 10.1 Å². The smallest absolute Gasteiger partial charge is 0.228 e. The highest BCUT2D eigenvalue weighted by molar-refractivity contribution is 6.00. The number of benzene rings is 2. The van der Waals surface area contributed by atoms with E-state index in [1.165, 1.54) is 22.1 Å². The average molecular weight is 366 g/mol. The molecule has 1 aliphatic heterocycles. The van der Waals surface area contributed by atoms with E-state index in [0.29, 0.717) is 0 Å². The number of amides is 2. The molecule has 0 radical (unpaired) electrons. The minimum absolute atomic E-state index is 0.0381. The van der Waals surface area contributed by atoms with Gasteiger partial charge in [0.05, 0.1) is 17.6 Å². The number of halogens is 1. The van der Waals surface area contributed by atoms with E-state index in [2.05, 4.69) is 12.1 Å². The van der Waals surface area contributed by atoms with Gasteiger partial charge in [0.1, 0.15) is 5.82 Å². The van der Waals surface area contributed by atoms with E-state index >= 15 is 0 Å². The zero-order valence-electron chi connectivity index (χ0n) is 15.4. The fourth-order valence-corrected chi connectivity index (χ4v) is 4.35. The molecule has 140 valence electrons. The van der Waals surface area contributed by atoms with Gasteiger partial charge in [0, 0.05) is 20.0 Å². The molecule has 1 heterocycles. The van der Waals surface area contributed by atoms with E-state index in [0.717, 1.165) is 19.3 Å². The number of hydrogen-bond donors (Lipinski definition) is 0. The zero-order chi connectivity index (χ0) is 19.0. The van der Waals surface area contributed by atoms with Gasteiger partial charge in [0.2, 0.25) is 11.8 Å². The lowest BCUT2D eigenvalue weighted by atomic mass is 9.86. The quantitative estimate of drug-likeness (QED) is 0.831. The maximum Gasteiger partial charge on any atom is 0.228 e. The third-order valence-electron chi connectivity index (χ3n) is 5.77. The van der Waals surface area contributed by atoms with Gasteiger partial charge in [-0.1, -0.05) is 36.4 Å². The van der Waals surface area contributed by atoms with Gasteiger partial charge in [0.15, 0.2) is 0 Å². The lowest BCUT2D eigenvalue weighted by Crippen LogP contribution is -2.38. The molecule has 4 nitrogen and oxygen atoms in total. The van der Waals surface area contributed by atoms with Crippen molar-refractivity contribution in [1.29, 1.82) is 0 Å². The number of nitrogens with zero attached hydrogens (tertiary/aromatic N) is 2. The molecule has 0 bridgehead atoms. The monoisotopic (exact) mass is 366 g/mol. The molecule has 2 atom stereocenters. The number of rotatable bonds is 3. The van der Waals surface area contributed by atoms with E-state index in [1.54, 1.807) is 23.1 Å². The zero-order valence-corrected chi connectivity index (χ0v) is 15.4. The van der Waals surface area contributed by atoms with Gasteiger partial charge in [0.25, 0.3) is 0 Å². The molecule has 27 heavy (non-hydrogen) atoms. The third-order valence-corrected chi connectivity index (χ3v) is 5.77. The molecule has 1 aliphatic carbocycles. The van der Waals surface area contributed by atoms with Gasteiger partial charge in [-0.25, -0.2) is 4.39 Å². The Balaban J connectivity index is 1.52. The van der Waals surface area contributed by atoms with Crippen LogP contribution in [0.25, 0.3) is 0 Å². The van der Waals surface area contributed by atoms with Crippen molar-refractivity contribution < 1.29 is 14.0 Å². The first-order valence-corrected chi connectivity index (χ1v) is 9.45. The maximum atomic E-state index is 14.1. The molecule has 0 unspecified atom stereocenters. The minimum Gasteiger partial charge on any atom is -0.338 e. The molecule has 2 aromatic rings. The first-order chi connectivity index (χ1) is 13.1. The number of carbonyl (C=O) groups excluding carboxylic acids is 2. The molecule has 0 spiro atoms. The Morgan fingerprint density at radius 2 is 1.89 bits per heavy atom. The lowest BCUT2D eigenvalue weighted by molar-refractivity contribution is -0.137. The molecule has 1 saturated heterocycles. The maximum absolute atomic E-state index is 14.1. The highest BCUT2D eigenvalue weighted by Crippen LogP contribution is 2.35. The predicted molar refractivity (Wildman–Crippen MR) is 102 cm³/mol. The molecule has 0 aromatic heterocycles. The molecule has 2 aliphatic rings. The van der Waals surface area contributed by atoms with Crippen molar-refractivity contribution in [2.75, 3.05) is 18.5 Å². The number of carbonyl (C=O) groups is 2. The summed E-state index contributed by atoms with van der Waals surface area (Å²) in [5.74, 6) is -1.11. The molecular formula is C22H23FN2O2. The second-order valence-electron chi connectivity index (χ2n) is 7.41. The first-order valence-electron chi connectivity index (χ1n) is 9.45. The van der Waals surface area contributed by atoms with Gasteiger partial charge in [-0.3, -0.25) is 9.59 Å². The fraction of sp³-hybridized carbons (Fsp3) is 0.364. The number of para-hydroxylation sites is 1. The van der Waals surface area contributed by atoms with Crippen molar-refractivity contribution in [2.24, 2.45) is 5.92 Å². The number of aryl methyl sites for hydroxylation is 1. The molecule has 4 rings (SSSR count). The van der Waals surface area contributed by atoms with Crippen LogP contribution in [0.1, 0.15) is 36.4 Å². The van der Waals surface area contributed by atoms with Crippen LogP contribution in [0, 0.1) is 11.7 Å². The van der Waals surface area contributed by atoms with Gasteiger partial charge < -0.3 is 9.80 Å². The summed E-state index contributed by atoms with van der Waals surface area (Å²) in [6.07, 6.45) is 3.14. The van der Waals surface area contributed by atoms with Gasteiger partial charge >= 0.3 is 0 Å². The first kappa shape index (κ1) is 17.7. The molecule has 0 N–H and O–H groups in total. The largest absolute Gasteiger partial charge is 0.338 e. The molecule has 2 aromatic carbocycles. The van der Waals surface area contributed by atoms with Crippen LogP contribution < -0.4 is 4.90 Å². The molecule has 0 saturated carbocycles. The van der Waals surface area contributed by atoms with Crippen LogP contribution in [0.2, 0.25) is 0 Å². The van der Waals surface area contributed by atoms with Crippen molar-refractivity contribution >= 4 is 17.5 Å². The lowest BCUT2D eigenvalue weighted by Gasteiger charge is -2.34. The topological polar surface area (TPSA) is 40.6 Å². The SMILES string of the molecule is CN(C(=O)[C@H]1CC(=O)N(c2ccccc2F)C1)[C@H]1CCCc2ccccc21. The van der Waals surface area contributed by atoms with Crippen LogP contribution in [0.3, 0.4) is 0 Å². The standard InChI is InChI=1S/C22H23FN2O2/c1-24(19-12-6-8-15-7-2-3-9-17(15)19)22(27)16-13-21(26)25(14-16)20-11-5-4-10-18(20)23/h2-5,7,9-11,16,19H,6,8,12-14H2,1H3/t16-,19-/m0/s1. The fourth-order valence-electron chi connectivity index (χ4n) is 4.35. The van der Waals surface area contributed by atoms with Crippen LogP contribution >= 0.6 is 0 Å². The molecule has 1 fully saturated rings. The second kappa shape index (κ2) is 7.14. The van der Waals surface area contributed by atoms with Gasteiger partial charge in [-0.2, -0.15) is 0 Å². The Kier molecular flexibility index (Phi) is 4.68. The Labute approximate surface area is 158 Å². The van der Waals surface area contributed by atoms with E-state index in [1.807, 2.05) is 19.2 Å². The summed E-state index contributed by atoms with van der Waals surface area (Å²) in [7, 11) is 1.82. The Bertz CT molecular complexity index is 882. The van der Waals surface area contributed by atoms with E-state index in [4.69, 9.17) is 0 Å². The summed E-state index contributed by atoms with van der Waals surface area (Å²) in [6, 6.07) is 14.5. The summed E-state index contributed by atoms with van der Waals surface area (Å²) in [6.45, 7) is 0.233. The molecule has 5 heteroatoms. The number of hydrogen-bond acceptors (Lipinski definition) is 2. The van der Waals surface area contributed by atoms with Crippen molar-refractivity contribution in [1.82, 2.24) is 4.90 Å². The summed E-state index contributed by atoms with van der Waals surface area (Å²) in [5.41, 5.74) is 2.75. The van der Waals surface area contributed by atoms with Crippen molar-refractivity contribution in [3.05, 3.63) is 65.5 Å². The van der Waals surface area contributed by atoms with Gasteiger partial charge in [-0.05, 0) is 42.5 Å². The Hall–Kier alpha value is -2.69. The molecular weight excluding hydrogens is 343 g/mol. The highest BCUT2D eigenvalue weighted by Gasteiger charge is 2.39. The second-order valence-corrected chi connectivity index (χ2v) is 7.41. The normalized spacial score (nSPS) is 21.9. The van der Waals surface area contributed by atoms with Crippen LogP contribution in [0.5, 0.6) is 0 Å². The summed E-state index contributed by atoms with van der Waals surface area (Å²) < 4.78 is 14.1. The molecule has 2 amide bonds. The minimum atomic E-state index is -0.437. The Morgan fingerprint density at radius 3 is 2.70 bits per heavy atom. The van der Waals surface area contributed by atoms with Crippen LogP contribution in [0.15, 0.2) is 48.5 Å². The van der Waals surface area contributed by atoms with E-state index < -0.39 is 11.7 Å². The van der Waals surface area contributed by atoms with E-state index in [9.17, 15) is 14.0 Å². The van der Waals surface area contributed by atoms with Crippen LogP contribution in [-0.2, 0) is 16.0 Å². The number of anilines is 1. The highest BCUT2D eigenvalue weighted by atomic mass is 19.1. The van der Waals surface area contributed by atoms with Gasteiger partial charge in [-0.15, -0.1) is 0 Å². The average Bonchev–Trinajstić information content (AvgIpc) is 3.08.